The number of carbonyl (C=O) groups is 1. The minimum atomic E-state index is 0.0570. The first-order valence-electron chi connectivity index (χ1n) is 12.8. The number of methoxy groups -OCH3 is 1. The molecule has 1 unspecified atom stereocenters. The Morgan fingerprint density at radius 2 is 1.86 bits per heavy atom. The Morgan fingerprint density at radius 1 is 1.11 bits per heavy atom. The Balaban J connectivity index is 0.000000209. The van der Waals surface area contributed by atoms with Gasteiger partial charge in [-0.15, -0.1) is 12.6 Å². The summed E-state index contributed by atoms with van der Waals surface area (Å²) in [6, 6.07) is 18.2. The maximum absolute atomic E-state index is 12.9. The number of nitrogens with two attached hydrogens (primary N) is 1. The standard InChI is InChI=1S/C18H18N2O3S.C11H18N2/c1-22-16-7-11-5-14-15(6-12(11)8-17(16)23-10-24)19-9-13-3-2-4-20(13)18(14)21;1-2-9-13(10-8-12)11-6-4-3-5-7-11/h5-9,13,24H,2-4,10H2,1H3;3-7H,2,8-10,12H2,1H3. The van der Waals surface area contributed by atoms with Gasteiger partial charge in [0, 0.05) is 38.1 Å². The largest absolute Gasteiger partial charge is 0.493 e. The fourth-order valence-corrected chi connectivity index (χ4v) is 5.01. The molecule has 5 rings (SSSR count). The predicted octanol–water partition coefficient (Wildman–Crippen LogP) is 5.30. The number of aliphatic imine (C=N–C) groups is 1. The first-order valence-corrected chi connectivity index (χ1v) is 13.5. The molecule has 3 aromatic rings. The Labute approximate surface area is 224 Å². The molecule has 1 fully saturated rings. The molecule has 0 saturated carbocycles. The monoisotopic (exact) mass is 520 g/mol. The maximum atomic E-state index is 12.9. The highest BCUT2D eigenvalue weighted by molar-refractivity contribution is 7.80. The van der Waals surface area contributed by atoms with Gasteiger partial charge in [-0.3, -0.25) is 9.79 Å². The first-order chi connectivity index (χ1) is 18.1. The second-order valence-corrected chi connectivity index (χ2v) is 9.35. The van der Waals surface area contributed by atoms with Crippen molar-refractivity contribution < 1.29 is 14.3 Å². The molecule has 0 radical (unpaired) electrons. The zero-order chi connectivity index (χ0) is 26.2. The van der Waals surface area contributed by atoms with Crippen LogP contribution in [0.4, 0.5) is 11.4 Å². The summed E-state index contributed by atoms with van der Waals surface area (Å²) in [5.74, 6) is 1.58. The van der Waals surface area contributed by atoms with E-state index in [1.165, 1.54) is 5.69 Å². The minimum absolute atomic E-state index is 0.0570. The van der Waals surface area contributed by atoms with Crippen LogP contribution in [-0.4, -0.2) is 62.3 Å². The van der Waals surface area contributed by atoms with Crippen LogP contribution in [0, 0.1) is 0 Å². The third kappa shape index (κ3) is 6.19. The van der Waals surface area contributed by atoms with Crippen molar-refractivity contribution >= 4 is 46.9 Å². The number of hydrogen-bond acceptors (Lipinski definition) is 7. The second kappa shape index (κ2) is 12.8. The van der Waals surface area contributed by atoms with E-state index in [9.17, 15) is 4.79 Å². The molecule has 1 saturated heterocycles. The average molecular weight is 521 g/mol. The molecule has 7 nitrogen and oxygen atoms in total. The van der Waals surface area contributed by atoms with Crippen LogP contribution < -0.4 is 20.1 Å². The van der Waals surface area contributed by atoms with E-state index in [1.807, 2.05) is 41.4 Å². The molecule has 196 valence electrons. The van der Waals surface area contributed by atoms with Crippen LogP contribution in [0.3, 0.4) is 0 Å². The van der Waals surface area contributed by atoms with E-state index in [0.717, 1.165) is 56.2 Å². The summed E-state index contributed by atoms with van der Waals surface area (Å²) in [5, 5.41) is 1.89. The third-order valence-electron chi connectivity index (χ3n) is 6.65. The van der Waals surface area contributed by atoms with Crippen LogP contribution in [0.5, 0.6) is 11.5 Å². The molecule has 2 N–H and O–H groups in total. The number of rotatable bonds is 8. The molecule has 2 aliphatic rings. The van der Waals surface area contributed by atoms with E-state index in [4.69, 9.17) is 15.2 Å². The van der Waals surface area contributed by atoms with Crippen LogP contribution in [0.2, 0.25) is 0 Å². The molecule has 0 aromatic heterocycles. The van der Waals surface area contributed by atoms with Gasteiger partial charge in [0.1, 0.15) is 5.94 Å². The van der Waals surface area contributed by atoms with Crippen LogP contribution in [0.15, 0.2) is 59.6 Å². The molecule has 1 atom stereocenters. The lowest BCUT2D eigenvalue weighted by molar-refractivity contribution is 0.0775. The lowest BCUT2D eigenvalue weighted by atomic mass is 10.0. The van der Waals surface area contributed by atoms with Crippen LogP contribution >= 0.6 is 12.6 Å². The molecule has 2 heterocycles. The summed E-state index contributed by atoms with van der Waals surface area (Å²) < 4.78 is 10.9. The fraction of sp³-hybridized carbons (Fsp3) is 0.379. The fourth-order valence-electron chi connectivity index (χ4n) is 4.87. The maximum Gasteiger partial charge on any atom is 0.256 e. The quantitative estimate of drug-likeness (QED) is 0.311. The molecule has 37 heavy (non-hydrogen) atoms. The van der Waals surface area contributed by atoms with Crippen molar-refractivity contribution in [2.24, 2.45) is 10.7 Å². The number of thiol groups is 1. The van der Waals surface area contributed by atoms with Crippen molar-refractivity contribution in [1.82, 2.24) is 4.90 Å². The summed E-state index contributed by atoms with van der Waals surface area (Å²) in [4.78, 5) is 21.7. The van der Waals surface area contributed by atoms with Gasteiger partial charge in [-0.1, -0.05) is 25.1 Å². The molecule has 0 aliphatic carbocycles. The minimum Gasteiger partial charge on any atom is -0.493 e. The third-order valence-corrected chi connectivity index (χ3v) is 6.78. The molecule has 3 aromatic carbocycles. The lowest BCUT2D eigenvalue weighted by Gasteiger charge is -2.23. The van der Waals surface area contributed by atoms with Crippen LogP contribution in [0.1, 0.15) is 36.5 Å². The molecule has 2 aliphatic heterocycles. The number of amides is 1. The number of anilines is 1. The zero-order valence-corrected chi connectivity index (χ0v) is 22.5. The Morgan fingerprint density at radius 3 is 2.57 bits per heavy atom. The second-order valence-electron chi connectivity index (χ2n) is 9.09. The number of fused-ring (bicyclic) bond motifs is 3. The number of hydrogen-bond donors (Lipinski definition) is 2. The Hall–Kier alpha value is -3.23. The molecule has 0 spiro atoms. The highest BCUT2D eigenvalue weighted by Crippen LogP contribution is 2.37. The van der Waals surface area contributed by atoms with Crippen molar-refractivity contribution in [3.8, 4) is 11.5 Å². The van der Waals surface area contributed by atoms with Gasteiger partial charge in [-0.25, -0.2) is 0 Å². The van der Waals surface area contributed by atoms with Crippen molar-refractivity contribution in [2.75, 3.05) is 44.1 Å². The smallest absolute Gasteiger partial charge is 0.256 e. The summed E-state index contributed by atoms with van der Waals surface area (Å²) >= 11 is 4.10. The number of ether oxygens (including phenoxy) is 2. The van der Waals surface area contributed by atoms with E-state index in [0.29, 0.717) is 22.7 Å². The van der Waals surface area contributed by atoms with Gasteiger partial charge in [0.05, 0.1) is 24.4 Å². The molecular weight excluding hydrogens is 484 g/mol. The number of carbonyl (C=O) groups excluding carboxylic acids is 1. The summed E-state index contributed by atoms with van der Waals surface area (Å²) in [7, 11) is 1.60. The van der Waals surface area contributed by atoms with E-state index >= 15 is 0 Å². The highest BCUT2D eigenvalue weighted by Gasteiger charge is 2.31. The van der Waals surface area contributed by atoms with Gasteiger partial charge >= 0.3 is 0 Å². The van der Waals surface area contributed by atoms with Crippen LogP contribution in [0.25, 0.3) is 10.8 Å². The Bertz CT molecular complexity index is 1230. The van der Waals surface area contributed by atoms with Crippen molar-refractivity contribution in [1.29, 1.82) is 0 Å². The number of para-hydroxylation sites is 1. The van der Waals surface area contributed by atoms with Gasteiger partial charge in [0.25, 0.3) is 5.91 Å². The van der Waals surface area contributed by atoms with Gasteiger partial charge < -0.3 is 25.0 Å². The van der Waals surface area contributed by atoms with E-state index in [-0.39, 0.29) is 17.9 Å². The van der Waals surface area contributed by atoms with Gasteiger partial charge in [0.15, 0.2) is 11.5 Å². The van der Waals surface area contributed by atoms with E-state index in [1.54, 1.807) is 7.11 Å². The molecular formula is C29H36N4O3S. The predicted molar refractivity (Wildman–Crippen MR) is 155 cm³/mol. The van der Waals surface area contributed by atoms with Crippen LogP contribution in [-0.2, 0) is 0 Å². The zero-order valence-electron chi connectivity index (χ0n) is 21.6. The van der Waals surface area contributed by atoms with Crippen molar-refractivity contribution in [3.05, 3.63) is 60.2 Å². The molecule has 0 bridgehead atoms. The lowest BCUT2D eigenvalue weighted by Crippen LogP contribution is -2.35. The SMILES string of the molecule is CCCN(CCN)c1ccccc1.COc1cc2cc3c(cc2cc1OCS)N=CC1CCCN1C3=O. The van der Waals surface area contributed by atoms with Gasteiger partial charge in [-0.2, -0.15) is 0 Å². The molecule has 1 amide bonds. The molecule has 8 heteroatoms. The number of nitrogens with zero attached hydrogens (tertiary/aromatic N) is 3. The average Bonchev–Trinajstić information content (AvgIpc) is 3.36. The summed E-state index contributed by atoms with van der Waals surface area (Å²) in [5.41, 5.74) is 8.19. The van der Waals surface area contributed by atoms with Crippen molar-refractivity contribution in [2.45, 2.75) is 32.2 Å². The Kier molecular flexibility index (Phi) is 9.30. The van der Waals surface area contributed by atoms with Gasteiger partial charge in [0.2, 0.25) is 0 Å². The highest BCUT2D eigenvalue weighted by atomic mass is 32.1. The topological polar surface area (TPSA) is 80.4 Å². The van der Waals surface area contributed by atoms with Crippen molar-refractivity contribution in [3.63, 3.8) is 0 Å². The normalized spacial score (nSPS) is 15.9. The number of benzene rings is 3. The van der Waals surface area contributed by atoms with E-state index in [2.05, 4.69) is 53.7 Å². The van der Waals surface area contributed by atoms with Gasteiger partial charge in [-0.05, 0) is 66.4 Å². The first kappa shape index (κ1) is 26.8. The summed E-state index contributed by atoms with van der Waals surface area (Å²) in [6.07, 6.45) is 5.08. The summed E-state index contributed by atoms with van der Waals surface area (Å²) in [6.45, 7) is 5.73. The van der Waals surface area contributed by atoms with E-state index < -0.39 is 0 Å².